The summed E-state index contributed by atoms with van der Waals surface area (Å²) in [5.74, 6) is -0.768. The van der Waals surface area contributed by atoms with Crippen molar-refractivity contribution in [3.8, 4) is 5.75 Å². The molecule has 1 aliphatic rings. The lowest BCUT2D eigenvalue weighted by atomic mass is 10.2. The third kappa shape index (κ3) is 4.07. The van der Waals surface area contributed by atoms with Crippen molar-refractivity contribution in [3.63, 3.8) is 0 Å². The smallest absolute Gasteiger partial charge is 0.266 e. The number of benzene rings is 2. The molecule has 0 bridgehead atoms. The Morgan fingerprint density at radius 3 is 2.56 bits per heavy atom. The number of hydrogen-bond acceptors (Lipinski definition) is 5. The van der Waals surface area contributed by atoms with Gasteiger partial charge in [0.05, 0.1) is 10.6 Å². The maximum Gasteiger partial charge on any atom is 0.266 e. The second kappa shape index (κ2) is 7.50. The second-order valence-corrected chi connectivity index (χ2v) is 6.92. The summed E-state index contributed by atoms with van der Waals surface area (Å²) in [6.45, 7) is -0.203. The molecule has 1 fully saturated rings. The molecule has 0 unspecified atom stereocenters. The predicted molar refractivity (Wildman–Crippen MR) is 103 cm³/mol. The van der Waals surface area contributed by atoms with Gasteiger partial charge in [0.15, 0.2) is 0 Å². The van der Waals surface area contributed by atoms with Crippen LogP contribution >= 0.6 is 24.0 Å². The molecule has 0 aromatic heterocycles. The first-order chi connectivity index (χ1) is 12.0. The van der Waals surface area contributed by atoms with E-state index in [1.54, 1.807) is 24.3 Å². The van der Waals surface area contributed by atoms with Crippen molar-refractivity contribution in [1.82, 2.24) is 4.90 Å². The molecule has 3 rings (SSSR count). The van der Waals surface area contributed by atoms with Gasteiger partial charge in [-0.25, -0.2) is 0 Å². The number of nitrogens with zero attached hydrogens (tertiary/aromatic N) is 1. The third-order valence-electron chi connectivity index (χ3n) is 3.45. The van der Waals surface area contributed by atoms with Crippen molar-refractivity contribution in [3.05, 3.63) is 65.1 Å². The number of anilines is 1. The molecule has 0 aliphatic carbocycles. The molecule has 2 amide bonds. The van der Waals surface area contributed by atoms with Crippen LogP contribution in [0.1, 0.15) is 5.56 Å². The first kappa shape index (κ1) is 17.2. The highest BCUT2D eigenvalue weighted by atomic mass is 32.2. The lowest BCUT2D eigenvalue weighted by Gasteiger charge is -2.14. The number of hydrogen-bond donors (Lipinski definition) is 2. The van der Waals surface area contributed by atoms with Gasteiger partial charge < -0.3 is 10.4 Å². The first-order valence-electron chi connectivity index (χ1n) is 7.43. The Balaban J connectivity index is 1.70. The Labute approximate surface area is 154 Å². The number of amides is 2. The Kier molecular flexibility index (Phi) is 5.16. The summed E-state index contributed by atoms with van der Waals surface area (Å²) in [5.41, 5.74) is 1.18. The van der Waals surface area contributed by atoms with Crippen LogP contribution in [-0.4, -0.2) is 32.7 Å². The van der Waals surface area contributed by atoms with Gasteiger partial charge in [-0.2, -0.15) is 0 Å². The summed E-state index contributed by atoms with van der Waals surface area (Å²) in [5, 5.41) is 12.3. The number of carbonyl (C=O) groups is 2. The SMILES string of the molecule is O=C(CN1C(=O)/C(=C\c2ccccc2)SC1=S)Nc1ccccc1O. The first-order valence-corrected chi connectivity index (χ1v) is 8.65. The molecule has 0 atom stereocenters. The minimum atomic E-state index is -0.432. The standard InChI is InChI=1S/C18H14N2O3S2/c21-14-9-5-4-8-13(14)19-16(22)11-20-17(23)15(25-18(20)24)10-12-6-2-1-3-7-12/h1-10,21H,11H2,(H,19,22)/b15-10+. The molecule has 2 N–H and O–H groups in total. The van der Waals surface area contributed by atoms with Crippen LogP contribution in [0, 0.1) is 0 Å². The van der Waals surface area contributed by atoms with Gasteiger partial charge in [0.2, 0.25) is 5.91 Å². The van der Waals surface area contributed by atoms with Crippen LogP contribution in [0.3, 0.4) is 0 Å². The van der Waals surface area contributed by atoms with E-state index >= 15 is 0 Å². The monoisotopic (exact) mass is 370 g/mol. The number of thiocarbonyl (C=S) groups is 1. The molecule has 1 saturated heterocycles. The maximum absolute atomic E-state index is 12.5. The van der Waals surface area contributed by atoms with Gasteiger partial charge in [0, 0.05) is 0 Å². The zero-order chi connectivity index (χ0) is 17.8. The lowest BCUT2D eigenvalue weighted by molar-refractivity contribution is -0.126. The van der Waals surface area contributed by atoms with E-state index < -0.39 is 5.91 Å². The second-order valence-electron chi connectivity index (χ2n) is 5.24. The van der Waals surface area contributed by atoms with Gasteiger partial charge in [-0.1, -0.05) is 66.4 Å². The molecule has 1 aliphatic heterocycles. The van der Waals surface area contributed by atoms with Gasteiger partial charge in [0.25, 0.3) is 5.91 Å². The molecule has 2 aromatic carbocycles. The van der Waals surface area contributed by atoms with Gasteiger partial charge in [-0.3, -0.25) is 14.5 Å². The van der Waals surface area contributed by atoms with Crippen LogP contribution in [0.4, 0.5) is 5.69 Å². The van der Waals surface area contributed by atoms with Gasteiger partial charge in [0.1, 0.15) is 16.6 Å². The molecule has 126 valence electrons. The van der Waals surface area contributed by atoms with Crippen LogP contribution in [0.25, 0.3) is 6.08 Å². The number of aromatic hydroxyl groups is 1. The number of phenols is 1. The highest BCUT2D eigenvalue weighted by Crippen LogP contribution is 2.32. The van der Waals surface area contributed by atoms with E-state index in [4.69, 9.17) is 12.2 Å². The lowest BCUT2D eigenvalue weighted by Crippen LogP contribution is -2.36. The van der Waals surface area contributed by atoms with Crippen molar-refractivity contribution in [2.45, 2.75) is 0 Å². The Hall–Kier alpha value is -2.64. The summed E-state index contributed by atoms with van der Waals surface area (Å²) in [6, 6.07) is 15.8. The van der Waals surface area contributed by atoms with E-state index in [1.165, 1.54) is 22.7 Å². The fourth-order valence-electron chi connectivity index (χ4n) is 2.25. The molecule has 0 saturated carbocycles. The normalized spacial score (nSPS) is 15.7. The maximum atomic E-state index is 12.5. The quantitative estimate of drug-likeness (QED) is 0.491. The fraction of sp³-hybridized carbons (Fsp3) is 0.0556. The molecule has 7 heteroatoms. The number of carbonyl (C=O) groups excluding carboxylic acids is 2. The van der Waals surface area contributed by atoms with Crippen molar-refractivity contribution in [2.75, 3.05) is 11.9 Å². The van der Waals surface area contributed by atoms with Crippen LogP contribution < -0.4 is 5.32 Å². The minimum Gasteiger partial charge on any atom is -0.506 e. The van der Waals surface area contributed by atoms with Crippen LogP contribution in [0.2, 0.25) is 0 Å². The fourth-order valence-corrected chi connectivity index (χ4v) is 3.50. The van der Waals surface area contributed by atoms with Crippen molar-refractivity contribution < 1.29 is 14.7 Å². The summed E-state index contributed by atoms with van der Waals surface area (Å²) >= 11 is 6.39. The van der Waals surface area contributed by atoms with Crippen molar-refractivity contribution in [1.29, 1.82) is 0 Å². The Morgan fingerprint density at radius 2 is 1.84 bits per heavy atom. The molecule has 5 nitrogen and oxygen atoms in total. The third-order valence-corrected chi connectivity index (χ3v) is 4.83. The van der Waals surface area contributed by atoms with E-state index in [-0.39, 0.29) is 23.9 Å². The highest BCUT2D eigenvalue weighted by molar-refractivity contribution is 8.26. The van der Waals surface area contributed by atoms with E-state index in [1.807, 2.05) is 30.3 Å². The Bertz CT molecular complexity index is 866. The molecule has 1 heterocycles. The van der Waals surface area contributed by atoms with E-state index in [9.17, 15) is 14.7 Å². The highest BCUT2D eigenvalue weighted by Gasteiger charge is 2.33. The number of nitrogens with one attached hydrogen (secondary N) is 1. The number of phenolic OH excluding ortho intramolecular Hbond substituents is 1. The zero-order valence-electron chi connectivity index (χ0n) is 13.0. The summed E-state index contributed by atoms with van der Waals surface area (Å²) < 4.78 is 0.333. The number of thioether (sulfide) groups is 1. The summed E-state index contributed by atoms with van der Waals surface area (Å²) in [7, 11) is 0. The van der Waals surface area contributed by atoms with Gasteiger partial charge >= 0.3 is 0 Å². The molecular formula is C18H14N2O3S2. The molecule has 0 spiro atoms. The van der Waals surface area contributed by atoms with Gasteiger partial charge in [-0.05, 0) is 23.8 Å². The van der Waals surface area contributed by atoms with Crippen molar-refractivity contribution >= 4 is 51.9 Å². The van der Waals surface area contributed by atoms with Crippen molar-refractivity contribution in [2.24, 2.45) is 0 Å². The predicted octanol–water partition coefficient (Wildman–Crippen LogP) is 3.23. The molecule has 0 radical (unpaired) electrons. The van der Waals surface area contributed by atoms with Crippen LogP contribution in [-0.2, 0) is 9.59 Å². The summed E-state index contributed by atoms with van der Waals surface area (Å²) in [4.78, 5) is 26.4. The van der Waals surface area contributed by atoms with Crippen LogP contribution in [0.15, 0.2) is 59.5 Å². The zero-order valence-corrected chi connectivity index (χ0v) is 14.6. The molecule has 2 aromatic rings. The average Bonchev–Trinajstić information content (AvgIpc) is 2.85. The number of rotatable bonds is 4. The van der Waals surface area contributed by atoms with E-state index in [0.717, 1.165) is 5.56 Å². The molecular weight excluding hydrogens is 356 g/mol. The number of para-hydroxylation sites is 2. The van der Waals surface area contributed by atoms with Gasteiger partial charge in [-0.15, -0.1) is 0 Å². The average molecular weight is 370 g/mol. The van der Waals surface area contributed by atoms with E-state index in [2.05, 4.69) is 5.32 Å². The van der Waals surface area contributed by atoms with E-state index in [0.29, 0.717) is 9.23 Å². The Morgan fingerprint density at radius 1 is 1.16 bits per heavy atom. The van der Waals surface area contributed by atoms with Crippen LogP contribution in [0.5, 0.6) is 5.75 Å². The summed E-state index contributed by atoms with van der Waals surface area (Å²) in [6.07, 6.45) is 1.75. The minimum absolute atomic E-state index is 0.0368. The molecule has 25 heavy (non-hydrogen) atoms. The topological polar surface area (TPSA) is 69.6 Å². The largest absolute Gasteiger partial charge is 0.506 e.